The van der Waals surface area contributed by atoms with Gasteiger partial charge in [-0.05, 0) is 29.8 Å². The number of phenols is 2. The van der Waals surface area contributed by atoms with Crippen LogP contribution in [0.25, 0.3) is 11.0 Å². The first-order valence-corrected chi connectivity index (χ1v) is 7.35. The fourth-order valence-electron chi connectivity index (χ4n) is 2.29. The highest BCUT2D eigenvalue weighted by atomic mass is 35.5. The molecular formula is C17H14ClNO4. The fraction of sp³-hybridized carbons (Fsp3) is 0.118. The Morgan fingerprint density at radius 1 is 1.04 bits per heavy atom. The van der Waals surface area contributed by atoms with E-state index in [1.807, 2.05) is 24.3 Å². The van der Waals surface area contributed by atoms with Crippen LogP contribution in [0.4, 0.5) is 0 Å². The summed E-state index contributed by atoms with van der Waals surface area (Å²) < 4.78 is 5.58. The average molecular weight is 332 g/mol. The second-order valence-corrected chi connectivity index (χ2v) is 5.55. The van der Waals surface area contributed by atoms with Crippen LogP contribution in [-0.2, 0) is 13.1 Å². The van der Waals surface area contributed by atoms with Gasteiger partial charge in [0.05, 0.1) is 6.54 Å². The molecule has 0 aliphatic heterocycles. The van der Waals surface area contributed by atoms with Gasteiger partial charge < -0.3 is 19.9 Å². The minimum Gasteiger partial charge on any atom is -0.504 e. The maximum absolute atomic E-state index is 12.1. The Morgan fingerprint density at radius 2 is 1.78 bits per heavy atom. The van der Waals surface area contributed by atoms with Crippen LogP contribution < -0.4 is 10.7 Å². The first-order valence-electron chi connectivity index (χ1n) is 6.97. The van der Waals surface area contributed by atoms with Crippen LogP contribution in [0.15, 0.2) is 51.7 Å². The molecule has 6 heteroatoms. The Kier molecular flexibility index (Phi) is 4.23. The smallest absolute Gasteiger partial charge is 0.196 e. The molecule has 0 atom stereocenters. The van der Waals surface area contributed by atoms with Gasteiger partial charge in [-0.1, -0.05) is 23.7 Å². The summed E-state index contributed by atoms with van der Waals surface area (Å²) in [6.07, 6.45) is 0. The van der Waals surface area contributed by atoms with Crippen LogP contribution in [0.1, 0.15) is 11.3 Å². The Hall–Kier alpha value is -2.50. The van der Waals surface area contributed by atoms with E-state index in [-0.39, 0.29) is 16.7 Å². The molecule has 0 saturated heterocycles. The molecule has 2 aromatic carbocycles. The molecule has 5 nitrogen and oxygen atoms in total. The topological polar surface area (TPSA) is 82.7 Å². The highest BCUT2D eigenvalue weighted by Crippen LogP contribution is 2.31. The number of aromatic hydroxyl groups is 2. The van der Waals surface area contributed by atoms with Crippen molar-refractivity contribution in [2.24, 2.45) is 0 Å². The number of hydrogen-bond acceptors (Lipinski definition) is 5. The summed E-state index contributed by atoms with van der Waals surface area (Å²) in [5.74, 6) is -0.364. The molecule has 0 aliphatic rings. The van der Waals surface area contributed by atoms with Crippen molar-refractivity contribution >= 4 is 22.6 Å². The molecule has 3 aromatic rings. The zero-order valence-electron chi connectivity index (χ0n) is 12.0. The molecule has 0 fully saturated rings. The number of phenolic OH excluding ortho intramolecular Hbond substituents is 2. The van der Waals surface area contributed by atoms with Crippen LogP contribution in [-0.4, -0.2) is 10.2 Å². The lowest BCUT2D eigenvalue weighted by molar-refractivity contribution is 0.406. The normalized spacial score (nSPS) is 11.0. The maximum Gasteiger partial charge on any atom is 0.196 e. The van der Waals surface area contributed by atoms with Crippen molar-refractivity contribution in [1.82, 2.24) is 5.32 Å². The zero-order chi connectivity index (χ0) is 16.4. The highest BCUT2D eigenvalue weighted by molar-refractivity contribution is 6.30. The molecule has 0 saturated carbocycles. The number of nitrogens with one attached hydrogen (secondary N) is 1. The minimum atomic E-state index is -0.461. The lowest BCUT2D eigenvalue weighted by Crippen LogP contribution is -2.14. The number of halogens is 1. The van der Waals surface area contributed by atoms with Crippen LogP contribution in [0.2, 0.25) is 5.02 Å². The van der Waals surface area contributed by atoms with Crippen molar-refractivity contribution in [2.75, 3.05) is 0 Å². The van der Waals surface area contributed by atoms with Gasteiger partial charge in [0, 0.05) is 17.6 Å². The summed E-state index contributed by atoms with van der Waals surface area (Å²) in [5.41, 5.74) is 0.888. The first kappa shape index (κ1) is 15.4. The summed E-state index contributed by atoms with van der Waals surface area (Å²) in [6.45, 7) is 0.954. The molecule has 1 aromatic heterocycles. The van der Waals surface area contributed by atoms with Gasteiger partial charge in [-0.2, -0.15) is 0 Å². The van der Waals surface area contributed by atoms with Crippen molar-refractivity contribution in [3.05, 3.63) is 69.0 Å². The SMILES string of the molecule is O=c1cc(CNCc2ccc(Cl)cc2)oc2ccc(O)c(O)c12. The predicted molar refractivity (Wildman–Crippen MR) is 87.8 cm³/mol. The molecule has 23 heavy (non-hydrogen) atoms. The Labute approximate surface area is 136 Å². The van der Waals surface area contributed by atoms with E-state index in [2.05, 4.69) is 5.32 Å². The van der Waals surface area contributed by atoms with E-state index < -0.39 is 11.2 Å². The lowest BCUT2D eigenvalue weighted by atomic mass is 10.2. The van der Waals surface area contributed by atoms with E-state index >= 15 is 0 Å². The summed E-state index contributed by atoms with van der Waals surface area (Å²) in [6, 6.07) is 11.5. The van der Waals surface area contributed by atoms with E-state index in [1.54, 1.807) is 0 Å². The van der Waals surface area contributed by atoms with Crippen LogP contribution in [0.3, 0.4) is 0 Å². The number of hydrogen-bond donors (Lipinski definition) is 3. The quantitative estimate of drug-likeness (QED) is 0.640. The second-order valence-electron chi connectivity index (χ2n) is 5.11. The number of fused-ring (bicyclic) bond motifs is 1. The van der Waals surface area contributed by atoms with Crippen molar-refractivity contribution in [2.45, 2.75) is 13.1 Å². The molecular weight excluding hydrogens is 318 g/mol. The maximum atomic E-state index is 12.1. The van der Waals surface area contributed by atoms with Gasteiger partial charge in [-0.15, -0.1) is 0 Å². The summed E-state index contributed by atoms with van der Waals surface area (Å²) in [4.78, 5) is 12.1. The third-order valence-electron chi connectivity index (χ3n) is 3.44. The van der Waals surface area contributed by atoms with Gasteiger partial charge in [-0.25, -0.2) is 0 Å². The van der Waals surface area contributed by atoms with Gasteiger partial charge in [0.15, 0.2) is 16.9 Å². The molecule has 3 rings (SSSR count). The van der Waals surface area contributed by atoms with Gasteiger partial charge in [0.2, 0.25) is 0 Å². The van der Waals surface area contributed by atoms with Crippen molar-refractivity contribution in [3.63, 3.8) is 0 Å². The molecule has 0 bridgehead atoms. The van der Waals surface area contributed by atoms with E-state index in [0.717, 1.165) is 5.56 Å². The Bertz CT molecular complexity index is 903. The molecule has 0 spiro atoms. The molecule has 0 radical (unpaired) electrons. The Balaban J connectivity index is 1.77. The number of rotatable bonds is 4. The van der Waals surface area contributed by atoms with Crippen molar-refractivity contribution in [3.8, 4) is 11.5 Å². The minimum absolute atomic E-state index is 0.0218. The van der Waals surface area contributed by atoms with Gasteiger partial charge in [0.25, 0.3) is 0 Å². The predicted octanol–water partition coefficient (Wildman–Crippen LogP) is 3.15. The second kappa shape index (κ2) is 6.32. The van der Waals surface area contributed by atoms with Crippen LogP contribution in [0.5, 0.6) is 11.5 Å². The van der Waals surface area contributed by atoms with Gasteiger partial charge in [-0.3, -0.25) is 4.79 Å². The largest absolute Gasteiger partial charge is 0.504 e. The molecule has 1 heterocycles. The standard InChI is InChI=1S/C17H14ClNO4/c18-11-3-1-10(2-4-11)8-19-9-12-7-14(21)16-15(23-12)6-5-13(20)17(16)22/h1-7,19-20,22H,8-9H2. The van der Waals surface area contributed by atoms with E-state index in [0.29, 0.717) is 23.9 Å². The molecule has 0 aliphatic carbocycles. The third-order valence-corrected chi connectivity index (χ3v) is 3.69. The molecule has 3 N–H and O–H groups in total. The van der Waals surface area contributed by atoms with Crippen molar-refractivity contribution in [1.29, 1.82) is 0 Å². The van der Waals surface area contributed by atoms with E-state index in [4.69, 9.17) is 16.0 Å². The number of benzene rings is 2. The fourth-order valence-corrected chi connectivity index (χ4v) is 2.42. The monoisotopic (exact) mass is 331 g/mol. The highest BCUT2D eigenvalue weighted by Gasteiger charge is 2.12. The average Bonchev–Trinajstić information content (AvgIpc) is 2.53. The zero-order valence-corrected chi connectivity index (χ0v) is 12.8. The van der Waals surface area contributed by atoms with Gasteiger partial charge >= 0.3 is 0 Å². The van der Waals surface area contributed by atoms with Crippen LogP contribution in [0, 0.1) is 0 Å². The lowest BCUT2D eigenvalue weighted by Gasteiger charge is -2.07. The molecule has 0 unspecified atom stereocenters. The van der Waals surface area contributed by atoms with Gasteiger partial charge in [0.1, 0.15) is 16.7 Å². The summed E-state index contributed by atoms with van der Waals surface area (Å²) in [5, 5.41) is 23.0. The molecule has 118 valence electrons. The van der Waals surface area contributed by atoms with Crippen LogP contribution >= 0.6 is 11.6 Å². The van der Waals surface area contributed by atoms with E-state index in [1.165, 1.54) is 18.2 Å². The molecule has 0 amide bonds. The first-order chi connectivity index (χ1) is 11.0. The van der Waals surface area contributed by atoms with Crippen molar-refractivity contribution < 1.29 is 14.6 Å². The van der Waals surface area contributed by atoms with E-state index in [9.17, 15) is 15.0 Å². The Morgan fingerprint density at radius 3 is 2.52 bits per heavy atom. The third kappa shape index (κ3) is 3.31. The summed E-state index contributed by atoms with van der Waals surface area (Å²) in [7, 11) is 0. The summed E-state index contributed by atoms with van der Waals surface area (Å²) >= 11 is 5.83.